The van der Waals surface area contributed by atoms with Crippen LogP contribution >= 0.6 is 15.9 Å². The lowest BCUT2D eigenvalue weighted by Crippen LogP contribution is -2.53. The molecule has 7 nitrogen and oxygen atoms in total. The summed E-state index contributed by atoms with van der Waals surface area (Å²) < 4.78 is 27.0. The molecule has 9 heteroatoms. The molecule has 0 spiro atoms. The number of hydrogen-bond acceptors (Lipinski definition) is 4. The van der Waals surface area contributed by atoms with Gasteiger partial charge in [0.25, 0.3) is 0 Å². The molecule has 2 amide bonds. The first-order valence-electron chi connectivity index (χ1n) is 12.0. The molecule has 0 radical (unpaired) electrons. The van der Waals surface area contributed by atoms with E-state index in [2.05, 4.69) is 21.2 Å². The van der Waals surface area contributed by atoms with E-state index in [1.165, 1.54) is 4.90 Å². The summed E-state index contributed by atoms with van der Waals surface area (Å²) in [5.41, 5.74) is 2.35. The second-order valence-corrected chi connectivity index (χ2v) is 11.9. The number of nitrogens with one attached hydrogen (secondary N) is 1. The fraction of sp³-hybridized carbons (Fsp3) is 0.462. The summed E-state index contributed by atoms with van der Waals surface area (Å²) in [5, 5.41) is 3.11. The third kappa shape index (κ3) is 7.30. The lowest BCUT2D eigenvalue weighted by molar-refractivity contribution is -0.140. The zero-order chi connectivity index (χ0) is 25.6. The molecule has 1 atom stereocenters. The molecular weight excluding hydrogens is 530 g/mol. The van der Waals surface area contributed by atoms with Crippen LogP contribution in [0.4, 0.5) is 5.69 Å². The molecule has 0 aromatic heterocycles. The minimum absolute atomic E-state index is 0.126. The van der Waals surface area contributed by atoms with Crippen molar-refractivity contribution in [3.63, 3.8) is 0 Å². The highest BCUT2D eigenvalue weighted by atomic mass is 79.9. The van der Waals surface area contributed by atoms with Crippen LogP contribution in [-0.4, -0.2) is 50.0 Å². The molecular formula is C26H34BrN3O4S. The van der Waals surface area contributed by atoms with Gasteiger partial charge in [-0.1, -0.05) is 61.7 Å². The van der Waals surface area contributed by atoms with Crippen LogP contribution in [-0.2, 0) is 26.2 Å². The van der Waals surface area contributed by atoms with Crippen molar-refractivity contribution in [1.82, 2.24) is 10.2 Å². The summed E-state index contributed by atoms with van der Waals surface area (Å²) in [6.45, 7) is 3.67. The Morgan fingerprint density at radius 2 is 1.71 bits per heavy atom. The maximum atomic E-state index is 13.7. The molecule has 3 rings (SSSR count). The topological polar surface area (TPSA) is 86.8 Å². The zero-order valence-electron chi connectivity index (χ0n) is 20.5. The number of aryl methyl sites for hydroxylation is 1. The maximum Gasteiger partial charge on any atom is 0.244 e. The zero-order valence-corrected chi connectivity index (χ0v) is 22.9. The molecule has 0 heterocycles. The summed E-state index contributed by atoms with van der Waals surface area (Å²) in [6.07, 6.45) is 5.56. The van der Waals surface area contributed by atoms with E-state index in [1.54, 1.807) is 24.3 Å². The number of sulfonamides is 1. The Bertz CT molecular complexity index is 1130. The number of amides is 2. The van der Waals surface area contributed by atoms with E-state index < -0.39 is 28.5 Å². The van der Waals surface area contributed by atoms with Crippen molar-refractivity contribution in [1.29, 1.82) is 0 Å². The molecule has 0 aliphatic heterocycles. The third-order valence-electron chi connectivity index (χ3n) is 6.36. The molecule has 1 aliphatic rings. The van der Waals surface area contributed by atoms with Gasteiger partial charge >= 0.3 is 0 Å². The Morgan fingerprint density at radius 3 is 2.29 bits per heavy atom. The van der Waals surface area contributed by atoms with Gasteiger partial charge in [-0.25, -0.2) is 8.42 Å². The molecule has 0 unspecified atom stereocenters. The summed E-state index contributed by atoms with van der Waals surface area (Å²) in [4.78, 5) is 28.5. The number of anilines is 1. The first-order chi connectivity index (χ1) is 16.6. The largest absolute Gasteiger partial charge is 0.352 e. The molecule has 0 saturated heterocycles. The van der Waals surface area contributed by atoms with E-state index in [-0.39, 0.29) is 18.5 Å². The van der Waals surface area contributed by atoms with E-state index in [0.29, 0.717) is 16.6 Å². The molecule has 190 valence electrons. The predicted octanol–water partition coefficient (Wildman–Crippen LogP) is 4.39. The molecule has 2 aromatic carbocycles. The van der Waals surface area contributed by atoms with Crippen molar-refractivity contribution < 1.29 is 18.0 Å². The van der Waals surface area contributed by atoms with Gasteiger partial charge in [0.15, 0.2) is 0 Å². The molecule has 35 heavy (non-hydrogen) atoms. The highest BCUT2D eigenvalue weighted by molar-refractivity contribution is 9.10. The Labute approximate surface area is 217 Å². The van der Waals surface area contributed by atoms with Gasteiger partial charge in [-0.3, -0.25) is 13.9 Å². The number of nitrogens with zero attached hydrogens (tertiary/aromatic N) is 2. The van der Waals surface area contributed by atoms with Crippen LogP contribution in [0.1, 0.15) is 50.2 Å². The molecule has 1 saturated carbocycles. The van der Waals surface area contributed by atoms with Gasteiger partial charge in [0, 0.05) is 17.1 Å². The Kier molecular flexibility index (Phi) is 9.35. The molecule has 0 bridgehead atoms. The number of benzene rings is 2. The van der Waals surface area contributed by atoms with E-state index in [9.17, 15) is 18.0 Å². The second-order valence-electron chi connectivity index (χ2n) is 9.14. The highest BCUT2D eigenvalue weighted by Gasteiger charge is 2.33. The fourth-order valence-corrected chi connectivity index (χ4v) is 5.90. The molecule has 2 aromatic rings. The summed E-state index contributed by atoms with van der Waals surface area (Å²) in [5.74, 6) is -0.619. The first-order valence-corrected chi connectivity index (χ1v) is 14.6. The lowest BCUT2D eigenvalue weighted by atomic mass is 10.1. The number of para-hydroxylation sites is 1. The Hall–Kier alpha value is -2.39. The minimum Gasteiger partial charge on any atom is -0.352 e. The van der Waals surface area contributed by atoms with Gasteiger partial charge in [-0.2, -0.15) is 0 Å². The smallest absolute Gasteiger partial charge is 0.244 e. The van der Waals surface area contributed by atoms with Crippen molar-refractivity contribution in [3.05, 3.63) is 64.1 Å². The average molecular weight is 565 g/mol. The predicted molar refractivity (Wildman–Crippen MR) is 143 cm³/mol. The second kappa shape index (κ2) is 12.0. The van der Waals surface area contributed by atoms with Crippen molar-refractivity contribution >= 4 is 43.5 Å². The average Bonchev–Trinajstić information content (AvgIpc) is 3.31. The third-order valence-corrected chi connectivity index (χ3v) is 8.16. The number of carbonyl (C=O) groups excluding carboxylic acids is 2. The summed E-state index contributed by atoms with van der Waals surface area (Å²) in [6, 6.07) is 14.1. The van der Waals surface area contributed by atoms with Crippen LogP contribution in [0.25, 0.3) is 0 Å². The van der Waals surface area contributed by atoms with E-state index in [4.69, 9.17) is 0 Å². The van der Waals surface area contributed by atoms with Crippen LogP contribution in [0.3, 0.4) is 0 Å². The summed E-state index contributed by atoms with van der Waals surface area (Å²) in [7, 11) is -3.76. The summed E-state index contributed by atoms with van der Waals surface area (Å²) >= 11 is 3.40. The van der Waals surface area contributed by atoms with Gasteiger partial charge in [-0.05, 0) is 59.8 Å². The van der Waals surface area contributed by atoms with Crippen LogP contribution in [0, 0.1) is 6.92 Å². The highest BCUT2D eigenvalue weighted by Crippen LogP contribution is 2.28. The minimum atomic E-state index is -3.76. The van der Waals surface area contributed by atoms with E-state index in [1.807, 2.05) is 38.1 Å². The van der Waals surface area contributed by atoms with Crippen LogP contribution < -0.4 is 9.62 Å². The number of hydrogen-bond donors (Lipinski definition) is 1. The number of rotatable bonds is 10. The van der Waals surface area contributed by atoms with Crippen LogP contribution in [0.2, 0.25) is 0 Å². The van der Waals surface area contributed by atoms with Gasteiger partial charge in [0.05, 0.1) is 11.9 Å². The normalized spacial score (nSPS) is 15.0. The monoisotopic (exact) mass is 563 g/mol. The van der Waals surface area contributed by atoms with Crippen LogP contribution in [0.15, 0.2) is 53.0 Å². The SMILES string of the molecule is CC[C@@H](C(=O)NC1CCCC1)N(Cc1ccc(C)cc1)C(=O)CN(c1ccccc1Br)S(C)(=O)=O. The molecule has 1 fully saturated rings. The van der Waals surface area contributed by atoms with Gasteiger partial charge in [0.2, 0.25) is 21.8 Å². The number of halogens is 1. The fourth-order valence-electron chi connectivity index (χ4n) is 4.43. The van der Waals surface area contributed by atoms with Crippen molar-refractivity contribution in [2.75, 3.05) is 17.1 Å². The van der Waals surface area contributed by atoms with Gasteiger partial charge in [-0.15, -0.1) is 0 Å². The van der Waals surface area contributed by atoms with Crippen molar-refractivity contribution in [2.45, 2.75) is 64.6 Å². The van der Waals surface area contributed by atoms with E-state index in [0.717, 1.165) is 47.4 Å². The van der Waals surface area contributed by atoms with Crippen molar-refractivity contribution in [3.8, 4) is 0 Å². The van der Waals surface area contributed by atoms with E-state index >= 15 is 0 Å². The Morgan fingerprint density at radius 1 is 1.09 bits per heavy atom. The Balaban J connectivity index is 1.92. The first kappa shape index (κ1) is 27.2. The van der Waals surface area contributed by atoms with Gasteiger partial charge < -0.3 is 10.2 Å². The maximum absolute atomic E-state index is 13.7. The van der Waals surface area contributed by atoms with Crippen molar-refractivity contribution in [2.24, 2.45) is 0 Å². The quantitative estimate of drug-likeness (QED) is 0.464. The molecule has 1 N–H and O–H groups in total. The number of carbonyl (C=O) groups is 2. The van der Waals surface area contributed by atoms with Crippen LogP contribution in [0.5, 0.6) is 0 Å². The lowest BCUT2D eigenvalue weighted by Gasteiger charge is -2.33. The molecule has 1 aliphatic carbocycles. The van der Waals surface area contributed by atoms with Gasteiger partial charge in [0.1, 0.15) is 12.6 Å². The standard InChI is InChI=1S/C26H34BrN3O4S/c1-4-23(26(32)28-21-9-5-6-10-21)29(17-20-15-13-19(2)14-16-20)25(31)18-30(35(3,33)34)24-12-8-7-11-22(24)27/h7-8,11-16,21,23H,4-6,9-10,17-18H2,1-3H3,(H,28,32)/t23-/m0/s1.